The maximum absolute atomic E-state index is 13.8. The highest BCUT2D eigenvalue weighted by molar-refractivity contribution is 5.99. The van der Waals surface area contributed by atoms with E-state index in [9.17, 15) is 4.79 Å². The molecule has 0 saturated heterocycles. The van der Waals surface area contributed by atoms with Gasteiger partial charge in [-0.2, -0.15) is 0 Å². The minimum absolute atomic E-state index is 0.318. The molecule has 1 heteroatoms. The van der Waals surface area contributed by atoms with Gasteiger partial charge in [0.25, 0.3) is 0 Å². The van der Waals surface area contributed by atoms with Crippen LogP contribution in [0.5, 0.6) is 0 Å². The summed E-state index contributed by atoms with van der Waals surface area (Å²) in [5.41, 5.74) is 1.99. The van der Waals surface area contributed by atoms with Gasteiger partial charge in [-0.05, 0) is 105 Å². The Kier molecular flexibility index (Phi) is 7.17. The number of carbonyl (C=O) groups is 1. The van der Waals surface area contributed by atoms with Crippen molar-refractivity contribution >= 4 is 5.78 Å². The van der Waals surface area contributed by atoms with E-state index in [1.54, 1.807) is 0 Å². The Hall–Kier alpha value is -0.850. The highest BCUT2D eigenvalue weighted by atomic mass is 16.1. The van der Waals surface area contributed by atoms with Crippen molar-refractivity contribution in [3.05, 3.63) is 24.3 Å². The molecule has 0 aromatic carbocycles. The van der Waals surface area contributed by atoms with Crippen molar-refractivity contribution in [3.63, 3.8) is 0 Å². The van der Waals surface area contributed by atoms with Gasteiger partial charge < -0.3 is 0 Å². The first kappa shape index (κ1) is 22.8. The van der Waals surface area contributed by atoms with Crippen LogP contribution in [-0.2, 0) is 4.79 Å². The molecule has 1 nitrogen and oxygen atoms in total. The molecular weight excluding hydrogens is 352 g/mol. The molecule has 0 aliphatic heterocycles. The Morgan fingerprint density at radius 1 is 1.00 bits per heavy atom. The number of rotatable bonds is 4. The van der Waals surface area contributed by atoms with E-state index in [0.717, 1.165) is 12.3 Å². The summed E-state index contributed by atoms with van der Waals surface area (Å²) in [6.45, 7) is 15.1. The molecule has 4 aliphatic carbocycles. The summed E-state index contributed by atoms with van der Waals surface area (Å²) in [5.74, 6) is 3.52. The van der Waals surface area contributed by atoms with Crippen molar-refractivity contribution in [3.8, 4) is 0 Å². The Morgan fingerprint density at radius 3 is 2.41 bits per heavy atom. The maximum Gasteiger partial charge on any atom is 0.162 e. The molecule has 0 bridgehead atoms. The highest BCUT2D eigenvalue weighted by Crippen LogP contribution is 2.67. The largest absolute Gasteiger partial charge is 0.294 e. The SMILES string of the molecule is C=CCCCC1CCC2C3C(=O)/C(=C\C)C4CCCCC4(C)C3CCC12C.CC. The molecule has 4 fully saturated rings. The van der Waals surface area contributed by atoms with Gasteiger partial charge in [-0.15, -0.1) is 6.58 Å². The number of unbranched alkanes of at least 4 members (excludes halogenated alkanes) is 1. The lowest BCUT2D eigenvalue weighted by molar-refractivity contribution is -0.145. The van der Waals surface area contributed by atoms with Crippen LogP contribution in [0.3, 0.4) is 0 Å². The predicted molar refractivity (Wildman–Crippen MR) is 125 cm³/mol. The van der Waals surface area contributed by atoms with E-state index < -0.39 is 0 Å². The Bertz CT molecular complexity index is 630. The van der Waals surface area contributed by atoms with Crippen LogP contribution < -0.4 is 0 Å². The Balaban J connectivity index is 0.00000117. The van der Waals surface area contributed by atoms with Crippen LogP contribution in [0.1, 0.15) is 105 Å². The van der Waals surface area contributed by atoms with Gasteiger partial charge in [-0.1, -0.05) is 52.7 Å². The number of ketones is 1. The topological polar surface area (TPSA) is 17.1 Å². The summed E-state index contributed by atoms with van der Waals surface area (Å²) in [6.07, 6.45) is 18.6. The Labute approximate surface area is 180 Å². The lowest BCUT2D eigenvalue weighted by atomic mass is 9.43. The summed E-state index contributed by atoms with van der Waals surface area (Å²) in [6, 6.07) is 0. The third-order valence-electron chi connectivity index (χ3n) is 9.80. The van der Waals surface area contributed by atoms with Crippen molar-refractivity contribution in [1.82, 2.24) is 0 Å². The molecule has 164 valence electrons. The van der Waals surface area contributed by atoms with Gasteiger partial charge in [0.1, 0.15) is 0 Å². The molecule has 0 N–H and O–H groups in total. The summed E-state index contributed by atoms with van der Waals surface area (Å²) in [5, 5.41) is 0. The van der Waals surface area contributed by atoms with E-state index in [2.05, 4.69) is 39.5 Å². The van der Waals surface area contributed by atoms with Gasteiger partial charge >= 0.3 is 0 Å². The van der Waals surface area contributed by atoms with Crippen molar-refractivity contribution in [2.75, 3.05) is 0 Å². The molecule has 7 atom stereocenters. The maximum atomic E-state index is 13.8. The van der Waals surface area contributed by atoms with Crippen molar-refractivity contribution in [2.45, 2.75) is 105 Å². The van der Waals surface area contributed by atoms with Crippen molar-refractivity contribution in [1.29, 1.82) is 0 Å². The molecule has 29 heavy (non-hydrogen) atoms. The second-order valence-corrected chi connectivity index (χ2v) is 10.7. The summed E-state index contributed by atoms with van der Waals surface area (Å²) < 4.78 is 0. The fourth-order valence-corrected chi connectivity index (χ4v) is 8.36. The standard InChI is InChI=1S/C26H40O.C2H6/c1-5-7-8-11-18-13-14-21-23-22(15-17-25(18,21)3)26(4)16-10-9-12-20(26)19(6-2)24(23)27;1-2/h5-6,18,20-23H,1,7-17H2,2-4H3;1-2H3/b19-6-;. The van der Waals surface area contributed by atoms with E-state index in [1.807, 2.05) is 13.8 Å². The van der Waals surface area contributed by atoms with Gasteiger partial charge in [-0.3, -0.25) is 4.79 Å². The van der Waals surface area contributed by atoms with Crippen molar-refractivity contribution < 1.29 is 4.79 Å². The number of hydrogen-bond acceptors (Lipinski definition) is 1. The monoisotopic (exact) mass is 398 g/mol. The van der Waals surface area contributed by atoms with Crippen LogP contribution in [0.4, 0.5) is 0 Å². The summed E-state index contributed by atoms with van der Waals surface area (Å²) in [4.78, 5) is 13.8. The zero-order valence-corrected chi connectivity index (χ0v) is 19.9. The lowest BCUT2D eigenvalue weighted by Gasteiger charge is -2.60. The number of carbonyl (C=O) groups excluding carboxylic acids is 1. The molecule has 7 unspecified atom stereocenters. The number of allylic oxidation sites excluding steroid dienone is 3. The molecule has 4 saturated carbocycles. The van der Waals surface area contributed by atoms with Gasteiger partial charge in [0, 0.05) is 5.92 Å². The third kappa shape index (κ3) is 3.59. The summed E-state index contributed by atoms with van der Waals surface area (Å²) in [7, 11) is 0. The van der Waals surface area contributed by atoms with Gasteiger partial charge in [0.2, 0.25) is 0 Å². The van der Waals surface area contributed by atoms with Crippen molar-refractivity contribution in [2.24, 2.45) is 40.4 Å². The average molecular weight is 399 g/mol. The zero-order chi connectivity index (χ0) is 21.2. The van der Waals surface area contributed by atoms with E-state index in [-0.39, 0.29) is 0 Å². The third-order valence-corrected chi connectivity index (χ3v) is 9.80. The van der Waals surface area contributed by atoms with E-state index in [4.69, 9.17) is 0 Å². The molecule has 0 radical (unpaired) electrons. The summed E-state index contributed by atoms with van der Waals surface area (Å²) >= 11 is 0. The molecule has 0 aromatic rings. The molecule has 0 amide bonds. The molecule has 0 spiro atoms. The fourth-order valence-electron chi connectivity index (χ4n) is 8.36. The number of hydrogen-bond donors (Lipinski definition) is 0. The van der Waals surface area contributed by atoms with E-state index >= 15 is 0 Å². The second kappa shape index (κ2) is 9.11. The van der Waals surface area contributed by atoms with Crippen LogP contribution in [0, 0.1) is 40.4 Å². The fraction of sp³-hybridized carbons (Fsp3) is 0.821. The van der Waals surface area contributed by atoms with Gasteiger partial charge in [-0.25, -0.2) is 0 Å². The molecular formula is C28H46O. The minimum Gasteiger partial charge on any atom is -0.294 e. The van der Waals surface area contributed by atoms with E-state index in [0.29, 0.717) is 40.3 Å². The van der Waals surface area contributed by atoms with Crippen LogP contribution in [0.2, 0.25) is 0 Å². The Morgan fingerprint density at radius 2 is 1.72 bits per heavy atom. The van der Waals surface area contributed by atoms with Gasteiger partial charge in [0.05, 0.1) is 0 Å². The second-order valence-electron chi connectivity index (χ2n) is 10.7. The van der Waals surface area contributed by atoms with Crippen LogP contribution in [-0.4, -0.2) is 5.78 Å². The molecule has 0 heterocycles. The minimum atomic E-state index is 0.318. The molecule has 4 rings (SSSR count). The van der Waals surface area contributed by atoms with Crippen LogP contribution >= 0.6 is 0 Å². The zero-order valence-electron chi connectivity index (χ0n) is 19.9. The first-order valence-corrected chi connectivity index (χ1v) is 12.8. The number of fused-ring (bicyclic) bond motifs is 5. The van der Waals surface area contributed by atoms with E-state index in [1.165, 1.54) is 69.8 Å². The molecule has 4 aliphatic rings. The quantitative estimate of drug-likeness (QED) is 0.265. The first-order valence-electron chi connectivity index (χ1n) is 12.8. The van der Waals surface area contributed by atoms with Crippen LogP contribution in [0.25, 0.3) is 0 Å². The lowest BCUT2D eigenvalue weighted by Crippen LogP contribution is -2.57. The smallest absolute Gasteiger partial charge is 0.162 e. The van der Waals surface area contributed by atoms with Gasteiger partial charge in [0.15, 0.2) is 5.78 Å². The normalized spacial score (nSPS) is 44.9. The average Bonchev–Trinajstić information content (AvgIpc) is 3.07. The molecule has 0 aromatic heterocycles. The predicted octanol–water partition coefficient (Wildman–Crippen LogP) is 8.15. The first-order chi connectivity index (χ1) is 14.0. The van der Waals surface area contributed by atoms with Crippen LogP contribution in [0.15, 0.2) is 24.3 Å². The highest BCUT2D eigenvalue weighted by Gasteiger charge is 2.63. The number of Topliss-reactive ketones (excluding diaryl/α,β-unsaturated/α-hetero) is 1.